The maximum absolute atomic E-state index is 14.2. The van der Waals surface area contributed by atoms with E-state index in [1.165, 1.54) is 12.1 Å². The summed E-state index contributed by atoms with van der Waals surface area (Å²) in [5, 5.41) is 3.65. The molecule has 0 radical (unpaired) electrons. The molecule has 3 aliphatic rings. The minimum absolute atomic E-state index is 0.130. The summed E-state index contributed by atoms with van der Waals surface area (Å²) in [7, 11) is 3.35. The standard InChI is InChI=1S/C36H41FN4O6/c1-5-46-35(44)36-20-23(36)12-8-6-7-9-16-41(3)34(43)28-19-25(18-27(28)32(42)40-36)47-33-26-14-15-29(45-4)21(2)30(26)38-31(39-33)22-11-10-13-24(37)17-22/h8,10-15,17,23,25,27-28H,5-7,9,16,18-20H2,1-4H3,(H,40,42)/b12-8-/t23-,25-,27-,28-,36-/m1/s1. The predicted molar refractivity (Wildman–Crippen MR) is 173 cm³/mol. The highest BCUT2D eigenvalue weighted by Gasteiger charge is 2.62. The second-order valence-corrected chi connectivity index (χ2v) is 12.8. The Hall–Kier alpha value is -4.54. The van der Waals surface area contributed by atoms with Crippen molar-refractivity contribution in [2.24, 2.45) is 17.8 Å². The quantitative estimate of drug-likeness (QED) is 0.289. The summed E-state index contributed by atoms with van der Waals surface area (Å²) in [5.74, 6) is -1.74. The number of aryl methyl sites for hydroxylation is 1. The van der Waals surface area contributed by atoms with E-state index in [2.05, 4.69) is 11.4 Å². The van der Waals surface area contributed by atoms with Gasteiger partial charge >= 0.3 is 5.97 Å². The number of halogens is 1. The van der Waals surface area contributed by atoms with Crippen LogP contribution in [0, 0.1) is 30.5 Å². The lowest BCUT2D eigenvalue weighted by atomic mass is 9.93. The van der Waals surface area contributed by atoms with Crippen LogP contribution in [0.3, 0.4) is 0 Å². The molecule has 1 N–H and O–H groups in total. The number of esters is 1. The molecule has 1 aliphatic heterocycles. The highest BCUT2D eigenvalue weighted by Crippen LogP contribution is 2.47. The Morgan fingerprint density at radius 2 is 1.94 bits per heavy atom. The Morgan fingerprint density at radius 3 is 2.70 bits per heavy atom. The van der Waals surface area contributed by atoms with Crippen molar-refractivity contribution < 1.29 is 33.0 Å². The van der Waals surface area contributed by atoms with Crippen molar-refractivity contribution in [3.05, 3.63) is 59.9 Å². The molecule has 2 amide bonds. The Kier molecular flexibility index (Phi) is 9.16. The van der Waals surface area contributed by atoms with Gasteiger partial charge in [0.25, 0.3) is 0 Å². The molecule has 3 aromatic rings. The first kappa shape index (κ1) is 32.4. The number of aromatic nitrogens is 2. The molecule has 5 atom stereocenters. The number of methoxy groups -OCH3 is 1. The molecule has 0 unspecified atom stereocenters. The number of rotatable bonds is 6. The summed E-state index contributed by atoms with van der Waals surface area (Å²) < 4.78 is 31.7. The molecule has 47 heavy (non-hydrogen) atoms. The third-order valence-electron chi connectivity index (χ3n) is 9.65. The monoisotopic (exact) mass is 644 g/mol. The molecule has 2 aliphatic carbocycles. The van der Waals surface area contributed by atoms with E-state index in [1.54, 1.807) is 38.1 Å². The summed E-state index contributed by atoms with van der Waals surface area (Å²) in [4.78, 5) is 52.2. The lowest BCUT2D eigenvalue weighted by Gasteiger charge is -2.26. The Labute approximate surface area is 273 Å². The van der Waals surface area contributed by atoms with Gasteiger partial charge in [0.15, 0.2) is 5.82 Å². The van der Waals surface area contributed by atoms with E-state index in [4.69, 9.17) is 24.2 Å². The van der Waals surface area contributed by atoms with Crippen molar-refractivity contribution in [2.75, 3.05) is 27.3 Å². The Balaban J connectivity index is 1.35. The van der Waals surface area contributed by atoms with Gasteiger partial charge in [-0.05, 0) is 76.6 Å². The summed E-state index contributed by atoms with van der Waals surface area (Å²) in [6.45, 7) is 4.40. The predicted octanol–water partition coefficient (Wildman–Crippen LogP) is 5.16. The number of carbonyl (C=O) groups excluding carboxylic acids is 3. The van der Waals surface area contributed by atoms with E-state index in [9.17, 15) is 18.8 Å². The highest BCUT2D eigenvalue weighted by atomic mass is 19.1. The molecule has 2 saturated carbocycles. The lowest BCUT2D eigenvalue weighted by Crippen LogP contribution is -2.50. The van der Waals surface area contributed by atoms with Crippen LogP contribution in [0.5, 0.6) is 11.6 Å². The van der Waals surface area contributed by atoms with E-state index in [0.29, 0.717) is 35.2 Å². The third-order valence-corrected chi connectivity index (χ3v) is 9.65. The molecule has 0 bridgehead atoms. The summed E-state index contributed by atoms with van der Waals surface area (Å²) in [6, 6.07) is 9.65. The number of allylic oxidation sites excluding steroid dienone is 1. The van der Waals surface area contributed by atoms with Crippen molar-refractivity contribution >= 4 is 28.7 Å². The van der Waals surface area contributed by atoms with Crippen molar-refractivity contribution in [1.29, 1.82) is 0 Å². The smallest absolute Gasteiger partial charge is 0.332 e. The van der Waals surface area contributed by atoms with E-state index >= 15 is 0 Å². The molecule has 0 saturated heterocycles. The van der Waals surface area contributed by atoms with Gasteiger partial charge in [-0.1, -0.05) is 24.3 Å². The minimum Gasteiger partial charge on any atom is -0.496 e. The summed E-state index contributed by atoms with van der Waals surface area (Å²) in [5.41, 5.74) is 0.698. The number of fused-ring (bicyclic) bond motifs is 3. The van der Waals surface area contributed by atoms with Crippen molar-refractivity contribution in [3.63, 3.8) is 0 Å². The van der Waals surface area contributed by atoms with Gasteiger partial charge in [0, 0.05) is 30.6 Å². The van der Waals surface area contributed by atoms with Gasteiger partial charge in [0.1, 0.15) is 23.2 Å². The van der Waals surface area contributed by atoms with Crippen molar-refractivity contribution in [3.8, 4) is 23.0 Å². The van der Waals surface area contributed by atoms with Crippen LogP contribution in [0.4, 0.5) is 4.39 Å². The average molecular weight is 645 g/mol. The molecule has 6 rings (SSSR count). The number of benzene rings is 2. The molecule has 2 aromatic carbocycles. The number of nitrogens with one attached hydrogen (secondary N) is 1. The van der Waals surface area contributed by atoms with Crippen LogP contribution >= 0.6 is 0 Å². The van der Waals surface area contributed by atoms with Crippen LogP contribution in [-0.2, 0) is 19.1 Å². The second kappa shape index (κ2) is 13.3. The number of amides is 2. The molecule has 0 spiro atoms. The SMILES string of the molecule is CCOC(=O)[C@@]12C[C@H]1/C=C\CCCCN(C)C(=O)[C@@H]1C[C@H](Oc3nc(-c4cccc(F)c4)nc4c(C)c(OC)ccc34)C[C@H]1C(=O)N2. The number of hydrogen-bond donors (Lipinski definition) is 1. The highest BCUT2D eigenvalue weighted by molar-refractivity contribution is 5.95. The van der Waals surface area contributed by atoms with E-state index in [0.717, 1.165) is 24.8 Å². The number of hydrogen-bond acceptors (Lipinski definition) is 8. The van der Waals surface area contributed by atoms with Crippen molar-refractivity contribution in [2.45, 2.75) is 64.0 Å². The molecular weight excluding hydrogens is 603 g/mol. The second-order valence-electron chi connectivity index (χ2n) is 12.8. The van der Waals surface area contributed by atoms with Crippen molar-refractivity contribution in [1.82, 2.24) is 20.2 Å². The van der Waals surface area contributed by atoms with Gasteiger partial charge in [-0.15, -0.1) is 0 Å². The zero-order chi connectivity index (χ0) is 33.3. The first-order chi connectivity index (χ1) is 22.6. The van der Waals surface area contributed by atoms with E-state index in [-0.39, 0.29) is 48.9 Å². The largest absolute Gasteiger partial charge is 0.496 e. The first-order valence-electron chi connectivity index (χ1n) is 16.3. The van der Waals surface area contributed by atoms with E-state index in [1.807, 2.05) is 25.1 Å². The Morgan fingerprint density at radius 1 is 1.13 bits per heavy atom. The molecular formula is C36H41FN4O6. The Bertz CT molecular complexity index is 1730. The molecule has 2 fully saturated rings. The van der Waals surface area contributed by atoms with Gasteiger partial charge in [-0.3, -0.25) is 9.59 Å². The number of nitrogens with zero attached hydrogens (tertiary/aromatic N) is 3. The zero-order valence-corrected chi connectivity index (χ0v) is 27.3. The van der Waals surface area contributed by atoms with Gasteiger partial charge in [-0.25, -0.2) is 14.2 Å². The van der Waals surface area contributed by atoms with Crippen LogP contribution in [0.1, 0.15) is 51.0 Å². The summed E-state index contributed by atoms with van der Waals surface area (Å²) in [6.07, 6.45) is 7.04. The van der Waals surface area contributed by atoms with Crippen LogP contribution in [-0.4, -0.2) is 71.6 Å². The molecule has 10 nitrogen and oxygen atoms in total. The summed E-state index contributed by atoms with van der Waals surface area (Å²) >= 11 is 0. The van der Waals surface area contributed by atoms with Crippen LogP contribution in [0.25, 0.3) is 22.3 Å². The topological polar surface area (TPSA) is 120 Å². The first-order valence-corrected chi connectivity index (χ1v) is 16.3. The van der Waals surface area contributed by atoms with Gasteiger partial charge in [0.05, 0.1) is 36.5 Å². The molecule has 1 aromatic heterocycles. The van der Waals surface area contributed by atoms with Gasteiger partial charge in [0.2, 0.25) is 17.7 Å². The lowest BCUT2D eigenvalue weighted by molar-refractivity contribution is -0.150. The number of carbonyl (C=O) groups is 3. The molecule has 11 heteroatoms. The molecule has 2 heterocycles. The maximum Gasteiger partial charge on any atom is 0.332 e. The van der Waals surface area contributed by atoms with Gasteiger partial charge in [-0.2, -0.15) is 4.98 Å². The van der Waals surface area contributed by atoms with E-state index < -0.39 is 35.3 Å². The fourth-order valence-electron chi connectivity index (χ4n) is 6.95. The van der Waals surface area contributed by atoms with Crippen LogP contribution in [0.2, 0.25) is 0 Å². The zero-order valence-electron chi connectivity index (χ0n) is 27.3. The molecule has 248 valence electrons. The normalized spacial score (nSPS) is 26.9. The number of ether oxygens (including phenoxy) is 3. The maximum atomic E-state index is 14.2. The third kappa shape index (κ3) is 6.40. The van der Waals surface area contributed by atoms with Crippen LogP contribution < -0.4 is 14.8 Å². The average Bonchev–Trinajstić information content (AvgIpc) is 3.59. The van der Waals surface area contributed by atoms with Gasteiger partial charge < -0.3 is 24.4 Å². The fraction of sp³-hybridized carbons (Fsp3) is 0.472. The van der Waals surface area contributed by atoms with Crippen LogP contribution in [0.15, 0.2) is 48.6 Å². The minimum atomic E-state index is -1.13. The fourth-order valence-corrected chi connectivity index (χ4v) is 6.95.